The third-order valence-electron chi connectivity index (χ3n) is 3.03. The molecule has 1 aromatic rings. The minimum absolute atomic E-state index is 0.161. The number of azo groups is 1. The minimum atomic E-state index is -0.947. The van der Waals surface area contributed by atoms with Crippen LogP contribution in [0.2, 0.25) is 0 Å². The highest BCUT2D eigenvalue weighted by atomic mass is 16.5. The predicted molar refractivity (Wildman–Crippen MR) is 54.4 cm³/mol. The summed E-state index contributed by atoms with van der Waals surface area (Å²) in [5.41, 5.74) is 0.936. The molecule has 3 unspecified atom stereocenters. The van der Waals surface area contributed by atoms with E-state index in [9.17, 15) is 4.79 Å². The molecule has 0 amide bonds. The van der Waals surface area contributed by atoms with Crippen LogP contribution in [0.15, 0.2) is 34.5 Å². The molecule has 0 saturated carbocycles. The molecule has 0 aliphatic carbocycles. The fourth-order valence-electron chi connectivity index (χ4n) is 2.26. The van der Waals surface area contributed by atoms with E-state index in [0.717, 1.165) is 5.56 Å². The molecule has 2 heterocycles. The monoisotopic (exact) mass is 218 g/mol. The molecule has 82 valence electrons. The Labute approximate surface area is 91.8 Å². The average molecular weight is 218 g/mol. The molecule has 0 bridgehead atoms. The first kappa shape index (κ1) is 9.33. The van der Waals surface area contributed by atoms with Crippen LogP contribution in [0.25, 0.3) is 0 Å². The van der Waals surface area contributed by atoms with E-state index < -0.39 is 12.1 Å². The van der Waals surface area contributed by atoms with E-state index >= 15 is 0 Å². The predicted octanol–water partition coefficient (Wildman–Crippen LogP) is 1.66. The van der Waals surface area contributed by atoms with Crippen LogP contribution in [0, 0.1) is 5.92 Å². The topological polar surface area (TPSA) is 71.2 Å². The number of aliphatic carboxylic acids is 1. The fourth-order valence-corrected chi connectivity index (χ4v) is 2.26. The summed E-state index contributed by atoms with van der Waals surface area (Å²) in [6.45, 7) is 0.427. The third kappa shape index (κ3) is 1.21. The normalized spacial score (nSPS) is 30.4. The van der Waals surface area contributed by atoms with Crippen molar-refractivity contribution < 1.29 is 14.6 Å². The van der Waals surface area contributed by atoms with Crippen molar-refractivity contribution in [1.29, 1.82) is 0 Å². The number of ether oxygens (including phenoxy) is 1. The number of carboxylic acids is 1. The van der Waals surface area contributed by atoms with E-state index in [1.807, 2.05) is 18.2 Å². The molecule has 16 heavy (non-hydrogen) atoms. The van der Waals surface area contributed by atoms with Crippen LogP contribution in [0.3, 0.4) is 0 Å². The summed E-state index contributed by atoms with van der Waals surface area (Å²) < 4.78 is 5.49. The van der Waals surface area contributed by atoms with E-state index in [2.05, 4.69) is 10.2 Å². The highest BCUT2D eigenvalue weighted by Gasteiger charge is 2.44. The van der Waals surface area contributed by atoms with Crippen molar-refractivity contribution in [1.82, 2.24) is 0 Å². The Morgan fingerprint density at radius 1 is 1.44 bits per heavy atom. The van der Waals surface area contributed by atoms with E-state index in [4.69, 9.17) is 9.84 Å². The van der Waals surface area contributed by atoms with E-state index in [1.165, 1.54) is 0 Å². The van der Waals surface area contributed by atoms with Crippen LogP contribution in [-0.2, 0) is 4.79 Å². The number of hydrogen-bond donors (Lipinski definition) is 1. The smallest absolute Gasteiger partial charge is 0.345 e. The molecule has 1 N–H and O–H groups in total. The fraction of sp³-hybridized carbons (Fsp3) is 0.364. The van der Waals surface area contributed by atoms with Crippen molar-refractivity contribution in [3.8, 4) is 5.75 Å². The standard InChI is InChI=1S/C11H10N2O3/c14-11(15)10-7-5-12-13-9(7)6-3-1-2-4-8(6)16-10/h1-4,7,9-10H,5H2,(H,14,15). The van der Waals surface area contributed by atoms with E-state index in [-0.39, 0.29) is 12.0 Å². The quantitative estimate of drug-likeness (QED) is 0.779. The molecular weight excluding hydrogens is 208 g/mol. The highest BCUT2D eigenvalue weighted by Crippen LogP contribution is 2.43. The van der Waals surface area contributed by atoms with Gasteiger partial charge in [-0.1, -0.05) is 18.2 Å². The van der Waals surface area contributed by atoms with Crippen LogP contribution < -0.4 is 4.74 Å². The van der Waals surface area contributed by atoms with Gasteiger partial charge in [-0.2, -0.15) is 10.2 Å². The zero-order valence-electron chi connectivity index (χ0n) is 8.41. The lowest BCUT2D eigenvalue weighted by Gasteiger charge is -2.31. The van der Waals surface area contributed by atoms with Crippen molar-refractivity contribution >= 4 is 5.97 Å². The highest BCUT2D eigenvalue weighted by molar-refractivity contribution is 5.74. The van der Waals surface area contributed by atoms with Gasteiger partial charge in [0.05, 0.1) is 12.5 Å². The summed E-state index contributed by atoms with van der Waals surface area (Å²) in [5.74, 6) is -0.513. The summed E-state index contributed by atoms with van der Waals surface area (Å²) in [7, 11) is 0. The Balaban J connectivity index is 2.08. The molecule has 5 nitrogen and oxygen atoms in total. The molecule has 0 aromatic heterocycles. The van der Waals surface area contributed by atoms with Crippen molar-refractivity contribution in [3.63, 3.8) is 0 Å². The molecule has 0 spiro atoms. The minimum Gasteiger partial charge on any atom is -0.478 e. The molecule has 0 fully saturated rings. The van der Waals surface area contributed by atoms with Gasteiger partial charge >= 0.3 is 5.97 Å². The van der Waals surface area contributed by atoms with Gasteiger partial charge in [0.15, 0.2) is 0 Å². The Kier molecular flexibility index (Phi) is 1.92. The zero-order chi connectivity index (χ0) is 11.1. The van der Waals surface area contributed by atoms with E-state index in [1.54, 1.807) is 6.07 Å². The van der Waals surface area contributed by atoms with Crippen molar-refractivity contribution in [2.24, 2.45) is 16.1 Å². The largest absolute Gasteiger partial charge is 0.478 e. The maximum Gasteiger partial charge on any atom is 0.345 e. The zero-order valence-corrected chi connectivity index (χ0v) is 8.41. The number of fused-ring (bicyclic) bond motifs is 3. The van der Waals surface area contributed by atoms with Gasteiger partial charge < -0.3 is 9.84 Å². The number of hydrogen-bond acceptors (Lipinski definition) is 4. The van der Waals surface area contributed by atoms with Gasteiger partial charge in [-0.25, -0.2) is 4.79 Å². The third-order valence-corrected chi connectivity index (χ3v) is 3.03. The van der Waals surface area contributed by atoms with Crippen molar-refractivity contribution in [2.45, 2.75) is 12.1 Å². The first-order valence-electron chi connectivity index (χ1n) is 5.12. The van der Waals surface area contributed by atoms with Gasteiger partial charge in [0.25, 0.3) is 0 Å². The summed E-state index contributed by atoms with van der Waals surface area (Å²) in [6, 6.07) is 7.24. The van der Waals surface area contributed by atoms with Crippen LogP contribution in [0.4, 0.5) is 0 Å². The second-order valence-electron chi connectivity index (χ2n) is 3.96. The van der Waals surface area contributed by atoms with Crippen molar-refractivity contribution in [2.75, 3.05) is 6.54 Å². The maximum absolute atomic E-state index is 11.1. The molecule has 0 radical (unpaired) electrons. The lowest BCUT2D eigenvalue weighted by atomic mass is 9.87. The first-order valence-corrected chi connectivity index (χ1v) is 5.12. The Morgan fingerprint density at radius 3 is 3.06 bits per heavy atom. The lowest BCUT2D eigenvalue weighted by Crippen LogP contribution is -2.41. The number of benzene rings is 1. The molecule has 3 atom stereocenters. The van der Waals surface area contributed by atoms with Gasteiger partial charge in [0.1, 0.15) is 11.8 Å². The molecule has 1 aromatic carbocycles. The number of rotatable bonds is 1. The Bertz CT molecular complexity index is 472. The second-order valence-corrected chi connectivity index (χ2v) is 3.96. The second kappa shape index (κ2) is 3.30. The molecule has 3 rings (SSSR count). The van der Waals surface area contributed by atoms with Gasteiger partial charge in [-0.3, -0.25) is 0 Å². The van der Waals surface area contributed by atoms with E-state index in [0.29, 0.717) is 12.3 Å². The number of nitrogens with zero attached hydrogens (tertiary/aromatic N) is 2. The van der Waals surface area contributed by atoms with Gasteiger partial charge in [-0.15, -0.1) is 0 Å². The van der Waals surface area contributed by atoms with Gasteiger partial charge in [0.2, 0.25) is 6.10 Å². The number of para-hydroxylation sites is 1. The van der Waals surface area contributed by atoms with Crippen LogP contribution >= 0.6 is 0 Å². The Hall–Kier alpha value is -1.91. The van der Waals surface area contributed by atoms with Gasteiger partial charge in [0, 0.05) is 5.56 Å². The SMILES string of the molecule is O=C(O)C1Oc2ccccc2C2N=NCC12. The summed E-state index contributed by atoms with van der Waals surface area (Å²) >= 11 is 0. The Morgan fingerprint density at radius 2 is 2.25 bits per heavy atom. The van der Waals surface area contributed by atoms with Gasteiger partial charge in [-0.05, 0) is 6.07 Å². The molecule has 2 aliphatic rings. The molecule has 0 saturated heterocycles. The summed E-state index contributed by atoms with van der Waals surface area (Å²) in [6.07, 6.45) is -0.838. The van der Waals surface area contributed by atoms with Crippen LogP contribution in [-0.4, -0.2) is 23.7 Å². The molecular formula is C11H10N2O3. The average Bonchev–Trinajstić information content (AvgIpc) is 2.76. The summed E-state index contributed by atoms with van der Waals surface area (Å²) in [5, 5.41) is 17.2. The first-order chi connectivity index (χ1) is 7.77. The van der Waals surface area contributed by atoms with Crippen LogP contribution in [0.1, 0.15) is 11.6 Å². The maximum atomic E-state index is 11.1. The summed E-state index contributed by atoms with van der Waals surface area (Å²) in [4.78, 5) is 11.1. The molecule has 2 aliphatic heterocycles. The number of carbonyl (C=O) groups is 1. The lowest BCUT2D eigenvalue weighted by molar-refractivity contribution is -0.148. The van der Waals surface area contributed by atoms with Crippen LogP contribution in [0.5, 0.6) is 5.75 Å². The molecule has 5 heteroatoms. The number of carboxylic acid groups (broad SMARTS) is 1. The van der Waals surface area contributed by atoms with Crippen molar-refractivity contribution in [3.05, 3.63) is 29.8 Å².